The number of hydrogen-bond acceptors (Lipinski definition) is 1. The zero-order chi connectivity index (χ0) is 9.99. The number of rotatable bonds is 0. The molecule has 2 unspecified atom stereocenters. The Labute approximate surface area is 96.6 Å². The maximum absolute atomic E-state index is 5.66. The molecule has 0 saturated carbocycles. The molecule has 0 N–H and O–H groups in total. The van der Waals surface area contributed by atoms with Crippen molar-refractivity contribution < 1.29 is 4.74 Å². The van der Waals surface area contributed by atoms with Gasteiger partial charge in [0.2, 0.25) is 0 Å². The van der Waals surface area contributed by atoms with Crippen LogP contribution in [0.4, 0.5) is 0 Å². The van der Waals surface area contributed by atoms with Crippen molar-refractivity contribution in [2.24, 2.45) is 0 Å². The Balaban J connectivity index is 1.94. The van der Waals surface area contributed by atoms with Gasteiger partial charge >= 0.3 is 0 Å². The van der Waals surface area contributed by atoms with E-state index in [1.807, 2.05) is 0 Å². The van der Waals surface area contributed by atoms with Crippen LogP contribution in [0.2, 0.25) is 0 Å². The second-order valence-corrected chi connectivity index (χ2v) is 5.20. The van der Waals surface area contributed by atoms with Gasteiger partial charge in [0.05, 0.1) is 0 Å². The van der Waals surface area contributed by atoms with E-state index in [-0.39, 0.29) is 0 Å². The first-order chi connectivity index (χ1) is 7.34. The Kier molecular flexibility index (Phi) is 1.46. The van der Waals surface area contributed by atoms with Gasteiger partial charge in [0, 0.05) is 4.48 Å². The minimum absolute atomic E-state index is 0.318. The molecule has 1 nitrogen and oxygen atoms in total. The molecule has 0 radical (unpaired) electrons. The fraction of sp³-hybridized carbons (Fsp3) is 0.231. The summed E-state index contributed by atoms with van der Waals surface area (Å²) < 4.78 is 6.86. The van der Waals surface area contributed by atoms with Crippen LogP contribution in [0.15, 0.2) is 40.4 Å². The molecule has 15 heavy (non-hydrogen) atoms. The quantitative estimate of drug-likeness (QED) is 0.654. The minimum atomic E-state index is 0.318. The molecule has 4 rings (SSSR count). The van der Waals surface area contributed by atoms with E-state index in [9.17, 15) is 0 Å². The molecule has 2 aliphatic carbocycles. The van der Waals surface area contributed by atoms with Gasteiger partial charge in [0.1, 0.15) is 12.2 Å². The summed E-state index contributed by atoms with van der Waals surface area (Å²) in [5.74, 6) is 0. The third kappa shape index (κ3) is 1.01. The van der Waals surface area contributed by atoms with E-state index in [1.165, 1.54) is 26.8 Å². The predicted octanol–water partition coefficient (Wildman–Crippen LogP) is 3.06. The number of benzene rings is 1. The summed E-state index contributed by atoms with van der Waals surface area (Å²) in [6, 6.07) is 8.64. The van der Waals surface area contributed by atoms with Gasteiger partial charge < -0.3 is 4.74 Å². The Bertz CT molecular complexity index is 527. The molecule has 1 aliphatic heterocycles. The Morgan fingerprint density at radius 2 is 2.07 bits per heavy atom. The van der Waals surface area contributed by atoms with E-state index >= 15 is 0 Å². The summed E-state index contributed by atoms with van der Waals surface area (Å²) >= 11 is 3.59. The first kappa shape index (κ1) is 8.31. The Morgan fingerprint density at radius 3 is 3.00 bits per heavy atom. The molecular weight excluding hydrogens is 252 g/mol. The highest BCUT2D eigenvalue weighted by atomic mass is 79.9. The second kappa shape index (κ2) is 2.63. The molecule has 0 spiro atoms. The maximum atomic E-state index is 5.66. The van der Waals surface area contributed by atoms with Crippen molar-refractivity contribution in [1.29, 1.82) is 0 Å². The van der Waals surface area contributed by atoms with E-state index in [0.717, 1.165) is 6.42 Å². The number of epoxide rings is 1. The average molecular weight is 261 g/mol. The van der Waals surface area contributed by atoms with Crippen molar-refractivity contribution in [3.63, 3.8) is 0 Å². The average Bonchev–Trinajstić information content (AvgIpc) is 2.98. The summed E-state index contributed by atoms with van der Waals surface area (Å²) in [5, 5.41) is 0. The van der Waals surface area contributed by atoms with Gasteiger partial charge in [-0.1, -0.05) is 40.2 Å². The van der Waals surface area contributed by atoms with Crippen molar-refractivity contribution in [3.8, 4) is 0 Å². The summed E-state index contributed by atoms with van der Waals surface area (Å²) in [6.07, 6.45) is 3.98. The smallest absolute Gasteiger partial charge is 0.120 e. The van der Waals surface area contributed by atoms with Crippen LogP contribution < -0.4 is 0 Å². The standard InChI is InChI=1S/C13H9BrO/c14-11-6-9-8-4-2-1-3-7(8)5-10(9)12-13(11)15-12/h1-4,6,12-13H,5H2. The lowest BCUT2D eigenvalue weighted by Crippen LogP contribution is -2.03. The first-order valence-corrected chi connectivity index (χ1v) is 5.98. The summed E-state index contributed by atoms with van der Waals surface area (Å²) in [6.45, 7) is 0. The van der Waals surface area contributed by atoms with Crippen molar-refractivity contribution in [3.05, 3.63) is 51.5 Å². The van der Waals surface area contributed by atoms with E-state index in [0.29, 0.717) is 12.2 Å². The summed E-state index contributed by atoms with van der Waals surface area (Å²) in [5.41, 5.74) is 5.69. The topological polar surface area (TPSA) is 12.5 Å². The lowest BCUT2D eigenvalue weighted by molar-refractivity contribution is 0.406. The van der Waals surface area contributed by atoms with Crippen LogP contribution in [0.25, 0.3) is 5.57 Å². The van der Waals surface area contributed by atoms with E-state index in [2.05, 4.69) is 46.3 Å². The molecule has 3 aliphatic rings. The molecule has 2 heteroatoms. The normalized spacial score (nSPS) is 30.6. The Morgan fingerprint density at radius 1 is 1.20 bits per heavy atom. The highest BCUT2D eigenvalue weighted by Gasteiger charge is 2.48. The van der Waals surface area contributed by atoms with E-state index < -0.39 is 0 Å². The van der Waals surface area contributed by atoms with Crippen molar-refractivity contribution >= 4 is 21.5 Å². The van der Waals surface area contributed by atoms with Crippen molar-refractivity contribution in [2.45, 2.75) is 18.6 Å². The fourth-order valence-corrected chi connectivity index (χ4v) is 3.22. The van der Waals surface area contributed by atoms with E-state index in [4.69, 9.17) is 4.74 Å². The van der Waals surface area contributed by atoms with Gasteiger partial charge in [-0.05, 0) is 34.8 Å². The number of fused-ring (bicyclic) bond motifs is 4. The van der Waals surface area contributed by atoms with Gasteiger partial charge in [0.15, 0.2) is 0 Å². The van der Waals surface area contributed by atoms with Crippen molar-refractivity contribution in [2.75, 3.05) is 0 Å². The van der Waals surface area contributed by atoms with Crippen LogP contribution in [0.5, 0.6) is 0 Å². The predicted molar refractivity (Wildman–Crippen MR) is 62.7 cm³/mol. The molecule has 1 fully saturated rings. The fourth-order valence-electron chi connectivity index (χ4n) is 2.64. The van der Waals surface area contributed by atoms with Gasteiger partial charge in [-0.15, -0.1) is 0 Å². The SMILES string of the molecule is BrC1=CC2=C(Cc3ccccc32)C2OC12. The van der Waals surface area contributed by atoms with Crippen LogP contribution in [0.1, 0.15) is 11.1 Å². The Hall–Kier alpha value is -0.860. The monoisotopic (exact) mass is 260 g/mol. The molecule has 1 aromatic carbocycles. The van der Waals surface area contributed by atoms with Crippen LogP contribution in [0, 0.1) is 0 Å². The van der Waals surface area contributed by atoms with Gasteiger partial charge in [-0.3, -0.25) is 0 Å². The maximum Gasteiger partial charge on any atom is 0.120 e. The minimum Gasteiger partial charge on any atom is -0.359 e. The number of ether oxygens (including phenoxy) is 1. The third-order valence-electron chi connectivity index (χ3n) is 3.42. The molecular formula is C13H9BrO. The summed E-state index contributed by atoms with van der Waals surface area (Å²) in [7, 11) is 0. The highest BCUT2D eigenvalue weighted by molar-refractivity contribution is 9.11. The third-order valence-corrected chi connectivity index (χ3v) is 4.10. The zero-order valence-corrected chi connectivity index (χ0v) is 9.62. The van der Waals surface area contributed by atoms with Gasteiger partial charge in [-0.25, -0.2) is 0 Å². The summed E-state index contributed by atoms with van der Waals surface area (Å²) in [4.78, 5) is 0. The van der Waals surface area contributed by atoms with E-state index in [1.54, 1.807) is 0 Å². The number of halogens is 1. The van der Waals surface area contributed by atoms with Gasteiger partial charge in [0.25, 0.3) is 0 Å². The number of allylic oxidation sites excluding steroid dienone is 2. The molecule has 1 saturated heterocycles. The zero-order valence-electron chi connectivity index (χ0n) is 8.03. The molecule has 0 amide bonds. The van der Waals surface area contributed by atoms with Crippen LogP contribution in [0.3, 0.4) is 0 Å². The van der Waals surface area contributed by atoms with Crippen LogP contribution in [-0.4, -0.2) is 12.2 Å². The van der Waals surface area contributed by atoms with Crippen LogP contribution in [-0.2, 0) is 11.2 Å². The molecule has 0 aromatic heterocycles. The highest BCUT2D eigenvalue weighted by Crippen LogP contribution is 2.50. The molecule has 2 atom stereocenters. The lowest BCUT2D eigenvalue weighted by atomic mass is 9.98. The second-order valence-electron chi connectivity index (χ2n) is 4.28. The van der Waals surface area contributed by atoms with Gasteiger partial charge in [-0.2, -0.15) is 0 Å². The van der Waals surface area contributed by atoms with Crippen molar-refractivity contribution in [1.82, 2.24) is 0 Å². The molecule has 1 aromatic rings. The molecule has 1 heterocycles. The first-order valence-electron chi connectivity index (χ1n) is 5.18. The molecule has 74 valence electrons. The molecule has 0 bridgehead atoms. The largest absolute Gasteiger partial charge is 0.359 e. The van der Waals surface area contributed by atoms with Crippen LogP contribution >= 0.6 is 15.9 Å². The lowest BCUT2D eigenvalue weighted by Gasteiger charge is -2.07. The number of hydrogen-bond donors (Lipinski definition) is 0.